The molecular formula is C16H26N2O. The minimum Gasteiger partial charge on any atom is -0.395 e. The van der Waals surface area contributed by atoms with Crippen LogP contribution in [0.3, 0.4) is 0 Å². The molecule has 19 heavy (non-hydrogen) atoms. The van der Waals surface area contributed by atoms with Crippen LogP contribution >= 0.6 is 0 Å². The van der Waals surface area contributed by atoms with Gasteiger partial charge in [0.05, 0.1) is 6.61 Å². The maximum absolute atomic E-state index is 9.03. The molecule has 0 aliphatic carbocycles. The molecule has 2 rings (SSSR count). The molecule has 0 saturated carbocycles. The van der Waals surface area contributed by atoms with Crippen LogP contribution in [-0.2, 0) is 6.54 Å². The highest BCUT2D eigenvalue weighted by atomic mass is 16.3. The lowest BCUT2D eigenvalue weighted by atomic mass is 9.97. The molecule has 1 saturated heterocycles. The Labute approximate surface area is 116 Å². The molecule has 1 aromatic rings. The molecule has 3 heteroatoms. The Bertz CT molecular complexity index is 353. The number of β-amino-alcohol motifs (C(OH)–C–C–N with tert-alkyl or cyclic N) is 1. The Morgan fingerprint density at radius 1 is 1.32 bits per heavy atom. The van der Waals surface area contributed by atoms with Crippen LogP contribution in [0.5, 0.6) is 0 Å². The average molecular weight is 262 g/mol. The standard InChI is InChI=1S/C16H26N2O/c1-17(12-15-6-3-2-4-7-15)13-16-8-5-9-18(14-16)10-11-19/h2-4,6-7,16,19H,5,8-14H2,1H3/t16-/m1/s1. The fraction of sp³-hybridized carbons (Fsp3) is 0.625. The van der Waals surface area contributed by atoms with Gasteiger partial charge in [0.2, 0.25) is 0 Å². The summed E-state index contributed by atoms with van der Waals surface area (Å²) < 4.78 is 0. The molecule has 0 aromatic heterocycles. The molecule has 1 aromatic carbocycles. The highest BCUT2D eigenvalue weighted by Gasteiger charge is 2.20. The normalized spacial score (nSPS) is 20.9. The van der Waals surface area contributed by atoms with Crippen molar-refractivity contribution in [1.29, 1.82) is 0 Å². The smallest absolute Gasteiger partial charge is 0.0558 e. The second-order valence-corrected chi connectivity index (χ2v) is 5.71. The molecule has 0 radical (unpaired) electrons. The summed E-state index contributed by atoms with van der Waals surface area (Å²) in [7, 11) is 2.21. The second kappa shape index (κ2) is 7.63. The third-order valence-electron chi connectivity index (χ3n) is 3.88. The van der Waals surface area contributed by atoms with Crippen molar-refractivity contribution in [3.05, 3.63) is 35.9 Å². The van der Waals surface area contributed by atoms with Gasteiger partial charge in [0, 0.05) is 26.2 Å². The molecular weight excluding hydrogens is 236 g/mol. The summed E-state index contributed by atoms with van der Waals surface area (Å²) in [5.41, 5.74) is 1.38. The Kier molecular flexibility index (Phi) is 5.83. The second-order valence-electron chi connectivity index (χ2n) is 5.71. The Morgan fingerprint density at radius 3 is 2.84 bits per heavy atom. The van der Waals surface area contributed by atoms with Gasteiger partial charge < -0.3 is 14.9 Å². The molecule has 1 aliphatic heterocycles. The van der Waals surface area contributed by atoms with E-state index in [-0.39, 0.29) is 6.61 Å². The largest absolute Gasteiger partial charge is 0.395 e. The van der Waals surface area contributed by atoms with E-state index >= 15 is 0 Å². The van der Waals surface area contributed by atoms with E-state index in [2.05, 4.69) is 47.2 Å². The Morgan fingerprint density at radius 2 is 2.11 bits per heavy atom. The first kappa shape index (κ1) is 14.5. The van der Waals surface area contributed by atoms with Crippen molar-refractivity contribution in [3.8, 4) is 0 Å². The van der Waals surface area contributed by atoms with E-state index in [0.717, 1.165) is 38.6 Å². The fourth-order valence-electron chi connectivity index (χ4n) is 3.05. The van der Waals surface area contributed by atoms with E-state index in [9.17, 15) is 0 Å². The van der Waals surface area contributed by atoms with Gasteiger partial charge in [-0.1, -0.05) is 30.3 Å². The van der Waals surface area contributed by atoms with Crippen molar-refractivity contribution in [2.75, 3.05) is 39.8 Å². The zero-order valence-electron chi connectivity index (χ0n) is 12.0. The molecule has 0 spiro atoms. The molecule has 1 fully saturated rings. The fourth-order valence-corrected chi connectivity index (χ4v) is 3.05. The molecule has 1 N–H and O–H groups in total. The number of likely N-dealkylation sites (tertiary alicyclic amines) is 1. The maximum atomic E-state index is 9.03. The van der Waals surface area contributed by atoms with Crippen molar-refractivity contribution in [2.45, 2.75) is 19.4 Å². The molecule has 0 amide bonds. The topological polar surface area (TPSA) is 26.7 Å². The van der Waals surface area contributed by atoms with Gasteiger partial charge in [0.1, 0.15) is 0 Å². The van der Waals surface area contributed by atoms with Gasteiger partial charge in [-0.15, -0.1) is 0 Å². The first-order valence-corrected chi connectivity index (χ1v) is 7.33. The molecule has 0 bridgehead atoms. The lowest BCUT2D eigenvalue weighted by molar-refractivity contribution is 0.119. The number of nitrogens with zero attached hydrogens (tertiary/aromatic N) is 2. The third-order valence-corrected chi connectivity index (χ3v) is 3.88. The predicted octanol–water partition coefficient (Wildman–Crippen LogP) is 1.82. The van der Waals surface area contributed by atoms with Crippen LogP contribution in [0.15, 0.2) is 30.3 Å². The maximum Gasteiger partial charge on any atom is 0.0558 e. The van der Waals surface area contributed by atoms with Crippen LogP contribution in [0.4, 0.5) is 0 Å². The van der Waals surface area contributed by atoms with Crippen molar-refractivity contribution >= 4 is 0 Å². The number of rotatable bonds is 6. The number of hydrogen-bond acceptors (Lipinski definition) is 3. The predicted molar refractivity (Wildman–Crippen MR) is 79.0 cm³/mol. The average Bonchev–Trinajstić information content (AvgIpc) is 2.40. The zero-order chi connectivity index (χ0) is 13.5. The zero-order valence-corrected chi connectivity index (χ0v) is 12.0. The van der Waals surface area contributed by atoms with Crippen LogP contribution in [0.2, 0.25) is 0 Å². The summed E-state index contributed by atoms with van der Waals surface area (Å²) in [5, 5.41) is 9.03. The highest BCUT2D eigenvalue weighted by molar-refractivity contribution is 5.14. The van der Waals surface area contributed by atoms with Crippen LogP contribution in [0, 0.1) is 5.92 Å². The first-order chi connectivity index (χ1) is 9.28. The molecule has 106 valence electrons. The SMILES string of the molecule is CN(Cc1ccccc1)C[C@H]1CCCN(CCO)C1. The summed E-state index contributed by atoms with van der Waals surface area (Å²) >= 11 is 0. The lowest BCUT2D eigenvalue weighted by Crippen LogP contribution is -2.41. The lowest BCUT2D eigenvalue weighted by Gasteiger charge is -2.34. The van der Waals surface area contributed by atoms with E-state index < -0.39 is 0 Å². The molecule has 1 aliphatic rings. The van der Waals surface area contributed by atoms with E-state index in [4.69, 9.17) is 5.11 Å². The van der Waals surface area contributed by atoms with Crippen LogP contribution in [-0.4, -0.2) is 54.7 Å². The summed E-state index contributed by atoms with van der Waals surface area (Å²) in [5.74, 6) is 0.744. The van der Waals surface area contributed by atoms with Crippen LogP contribution in [0.1, 0.15) is 18.4 Å². The number of piperidine rings is 1. The molecule has 0 unspecified atom stereocenters. The monoisotopic (exact) mass is 262 g/mol. The van der Waals surface area contributed by atoms with Crippen LogP contribution < -0.4 is 0 Å². The van der Waals surface area contributed by atoms with E-state index in [1.165, 1.54) is 18.4 Å². The summed E-state index contributed by atoms with van der Waals surface area (Å²) in [4.78, 5) is 4.81. The van der Waals surface area contributed by atoms with Crippen molar-refractivity contribution in [3.63, 3.8) is 0 Å². The number of hydrogen-bond donors (Lipinski definition) is 1. The highest BCUT2D eigenvalue weighted by Crippen LogP contribution is 2.17. The van der Waals surface area contributed by atoms with Crippen molar-refractivity contribution < 1.29 is 5.11 Å². The Balaban J connectivity index is 1.77. The summed E-state index contributed by atoms with van der Waals surface area (Å²) in [6, 6.07) is 10.7. The van der Waals surface area contributed by atoms with Crippen molar-refractivity contribution in [2.24, 2.45) is 5.92 Å². The Hall–Kier alpha value is -0.900. The minimum absolute atomic E-state index is 0.284. The van der Waals surface area contributed by atoms with Gasteiger partial charge in [-0.05, 0) is 37.9 Å². The number of aliphatic hydroxyl groups is 1. The molecule has 1 heterocycles. The molecule has 3 nitrogen and oxygen atoms in total. The first-order valence-electron chi connectivity index (χ1n) is 7.33. The summed E-state index contributed by atoms with van der Waals surface area (Å²) in [6.07, 6.45) is 2.59. The third kappa shape index (κ3) is 4.94. The van der Waals surface area contributed by atoms with E-state index in [1.54, 1.807) is 0 Å². The van der Waals surface area contributed by atoms with Gasteiger partial charge in [-0.2, -0.15) is 0 Å². The minimum atomic E-state index is 0.284. The van der Waals surface area contributed by atoms with Gasteiger partial charge in [0.15, 0.2) is 0 Å². The van der Waals surface area contributed by atoms with Gasteiger partial charge in [-0.25, -0.2) is 0 Å². The van der Waals surface area contributed by atoms with Gasteiger partial charge in [-0.3, -0.25) is 0 Å². The molecule has 1 atom stereocenters. The number of aliphatic hydroxyl groups excluding tert-OH is 1. The van der Waals surface area contributed by atoms with Crippen molar-refractivity contribution in [1.82, 2.24) is 9.80 Å². The van der Waals surface area contributed by atoms with Crippen LogP contribution in [0.25, 0.3) is 0 Å². The van der Waals surface area contributed by atoms with Gasteiger partial charge in [0.25, 0.3) is 0 Å². The summed E-state index contributed by atoms with van der Waals surface area (Å²) in [6.45, 7) is 5.58. The van der Waals surface area contributed by atoms with E-state index in [1.807, 2.05) is 0 Å². The van der Waals surface area contributed by atoms with E-state index in [0.29, 0.717) is 0 Å². The van der Waals surface area contributed by atoms with Gasteiger partial charge >= 0.3 is 0 Å². The number of benzene rings is 1. The quantitative estimate of drug-likeness (QED) is 0.847.